The summed E-state index contributed by atoms with van der Waals surface area (Å²) >= 11 is 0. The van der Waals surface area contributed by atoms with Crippen molar-refractivity contribution in [3.05, 3.63) is 145 Å². The third-order valence-corrected chi connectivity index (χ3v) is 8.38. The zero-order chi connectivity index (χ0) is 26.1. The molecule has 0 N–H and O–H groups in total. The Kier molecular flexibility index (Phi) is 4.54. The van der Waals surface area contributed by atoms with Gasteiger partial charge in [0.15, 0.2) is 0 Å². The highest BCUT2D eigenvalue weighted by Crippen LogP contribution is 2.51. The molecule has 186 valence electrons. The molecule has 4 heterocycles. The van der Waals surface area contributed by atoms with Crippen molar-refractivity contribution in [3.8, 4) is 22.6 Å². The number of benzene rings is 4. The summed E-state index contributed by atoms with van der Waals surface area (Å²) < 4.78 is 6.46. The minimum atomic E-state index is -0.393. The van der Waals surface area contributed by atoms with Crippen LogP contribution in [0.1, 0.15) is 23.6 Å². The first-order valence-corrected chi connectivity index (χ1v) is 13.3. The second-order valence-corrected chi connectivity index (χ2v) is 10.6. The molecule has 3 aromatic heterocycles. The van der Waals surface area contributed by atoms with Gasteiger partial charge >= 0.3 is 0 Å². The molecule has 0 fully saturated rings. The zero-order valence-electron chi connectivity index (χ0n) is 21.8. The van der Waals surface area contributed by atoms with Crippen LogP contribution in [0.3, 0.4) is 0 Å². The van der Waals surface area contributed by atoms with E-state index in [4.69, 9.17) is 0 Å². The molecule has 8 rings (SSSR count). The topological polar surface area (TPSA) is 26.6 Å². The van der Waals surface area contributed by atoms with Gasteiger partial charge in [0.2, 0.25) is 6.33 Å². The van der Waals surface area contributed by atoms with E-state index in [1.807, 2.05) is 36.3 Å². The minimum absolute atomic E-state index is 0.393. The molecular weight excluding hydrogens is 476 g/mol. The number of fused-ring (bicyclic) bond motifs is 5. The van der Waals surface area contributed by atoms with Crippen LogP contribution < -0.4 is 4.57 Å². The van der Waals surface area contributed by atoms with Gasteiger partial charge in [0.25, 0.3) is 0 Å². The van der Waals surface area contributed by atoms with Gasteiger partial charge in [-0.15, -0.1) is 0 Å². The molecule has 0 aliphatic carbocycles. The van der Waals surface area contributed by atoms with Crippen molar-refractivity contribution in [2.45, 2.75) is 12.3 Å². The summed E-state index contributed by atoms with van der Waals surface area (Å²) in [5.41, 5.74) is 10.3. The van der Waals surface area contributed by atoms with Crippen LogP contribution in [0, 0.1) is 6.33 Å². The van der Waals surface area contributed by atoms with Gasteiger partial charge in [-0.3, -0.25) is 4.98 Å². The largest absolute Gasteiger partial charge is 0.326 e. The fourth-order valence-electron chi connectivity index (χ4n) is 6.47. The van der Waals surface area contributed by atoms with Gasteiger partial charge in [-0.2, -0.15) is 0 Å². The lowest BCUT2D eigenvalue weighted by Crippen LogP contribution is -2.31. The normalized spacial score (nSPS) is 16.1. The van der Waals surface area contributed by atoms with Crippen molar-refractivity contribution < 1.29 is 4.57 Å². The van der Waals surface area contributed by atoms with Crippen molar-refractivity contribution in [2.24, 2.45) is 7.05 Å². The lowest BCUT2D eigenvalue weighted by Gasteiger charge is -2.39. The maximum absolute atomic E-state index is 4.68. The summed E-state index contributed by atoms with van der Waals surface area (Å²) in [6.45, 7) is 2.38. The molecule has 4 aromatic carbocycles. The molecule has 0 radical (unpaired) electrons. The molecule has 1 atom stereocenters. The highest BCUT2D eigenvalue weighted by Gasteiger charge is 2.40. The number of nitrogens with zero attached hydrogens (tertiary/aromatic N) is 4. The average Bonchev–Trinajstić information content (AvgIpc) is 3.58. The first-order chi connectivity index (χ1) is 19.1. The fourth-order valence-corrected chi connectivity index (χ4v) is 6.47. The maximum Gasteiger partial charge on any atom is 0.243 e. The van der Waals surface area contributed by atoms with Gasteiger partial charge in [0, 0.05) is 40.3 Å². The van der Waals surface area contributed by atoms with E-state index in [9.17, 15) is 0 Å². The highest BCUT2D eigenvalue weighted by atomic mass is 15.1. The Morgan fingerprint density at radius 2 is 1.64 bits per heavy atom. The van der Waals surface area contributed by atoms with E-state index in [2.05, 4.69) is 124 Å². The van der Waals surface area contributed by atoms with E-state index in [1.54, 1.807) is 0 Å². The van der Waals surface area contributed by atoms with Crippen molar-refractivity contribution >= 4 is 21.8 Å². The van der Waals surface area contributed by atoms with Gasteiger partial charge in [-0.1, -0.05) is 72.8 Å². The van der Waals surface area contributed by atoms with Crippen LogP contribution >= 0.6 is 0 Å². The minimum Gasteiger partial charge on any atom is -0.326 e. The predicted molar refractivity (Wildman–Crippen MR) is 155 cm³/mol. The lowest BCUT2D eigenvalue weighted by molar-refractivity contribution is -0.674. The van der Waals surface area contributed by atoms with Gasteiger partial charge in [0.1, 0.15) is 0 Å². The number of imidazole rings is 1. The van der Waals surface area contributed by atoms with Crippen LogP contribution in [-0.4, -0.2) is 14.1 Å². The fraction of sp³-hybridized carbons (Fsp3) is 0.0857. The number of pyridine rings is 1. The number of para-hydroxylation sites is 2. The van der Waals surface area contributed by atoms with E-state index < -0.39 is 5.41 Å². The Hall–Kier alpha value is -4.96. The third-order valence-electron chi connectivity index (χ3n) is 8.38. The average molecular weight is 503 g/mol. The first kappa shape index (κ1) is 22.1. The summed E-state index contributed by atoms with van der Waals surface area (Å²) in [7, 11) is 2.00. The molecule has 1 unspecified atom stereocenters. The quantitative estimate of drug-likeness (QED) is 0.190. The van der Waals surface area contributed by atoms with Crippen LogP contribution in [-0.2, 0) is 12.5 Å². The van der Waals surface area contributed by atoms with E-state index in [0.717, 1.165) is 16.9 Å². The molecule has 4 heteroatoms. The Bertz CT molecular complexity index is 2050. The second-order valence-electron chi connectivity index (χ2n) is 10.6. The van der Waals surface area contributed by atoms with Crippen LogP contribution in [0.2, 0.25) is 0 Å². The Balaban J connectivity index is 1.49. The number of hydrogen-bond donors (Lipinski definition) is 0. The summed E-state index contributed by atoms with van der Waals surface area (Å²) in [6, 6.07) is 37.4. The summed E-state index contributed by atoms with van der Waals surface area (Å²) in [4.78, 5) is 4.68. The molecule has 0 amide bonds. The van der Waals surface area contributed by atoms with Crippen LogP contribution in [0.4, 0.5) is 0 Å². The zero-order valence-corrected chi connectivity index (χ0v) is 21.8. The van der Waals surface area contributed by atoms with Crippen LogP contribution in [0.5, 0.6) is 0 Å². The van der Waals surface area contributed by atoms with Gasteiger partial charge in [0.05, 0.1) is 35.1 Å². The first-order valence-electron chi connectivity index (χ1n) is 13.3. The molecule has 1 aliphatic heterocycles. The summed E-state index contributed by atoms with van der Waals surface area (Å²) in [6.07, 6.45) is 9.29. The monoisotopic (exact) mass is 502 g/mol. The summed E-state index contributed by atoms with van der Waals surface area (Å²) in [5.74, 6) is 0. The molecular formula is C35H26N4. The smallest absolute Gasteiger partial charge is 0.243 e. The number of rotatable bonds is 3. The molecule has 39 heavy (non-hydrogen) atoms. The van der Waals surface area contributed by atoms with Gasteiger partial charge in [-0.05, 0) is 53.9 Å². The van der Waals surface area contributed by atoms with Crippen molar-refractivity contribution in [2.75, 3.05) is 0 Å². The van der Waals surface area contributed by atoms with Crippen LogP contribution in [0.25, 0.3) is 44.4 Å². The Morgan fingerprint density at radius 1 is 0.795 bits per heavy atom. The molecule has 4 nitrogen and oxygen atoms in total. The molecule has 0 saturated carbocycles. The number of hydrogen-bond acceptors (Lipinski definition) is 1. The Morgan fingerprint density at radius 3 is 2.49 bits per heavy atom. The van der Waals surface area contributed by atoms with Crippen molar-refractivity contribution in [1.29, 1.82) is 0 Å². The standard InChI is InChI=1S/C35H26N4/c1-35(25-9-7-10-26(22-25)38-20-19-37(2)23-38)29-13-8-12-28-27-11-3-4-15-32(27)39(34(28)29)33-17-16-24(21-30(33)35)31-14-5-6-18-36-31/h3-22H,1-2H3. The van der Waals surface area contributed by atoms with Crippen molar-refractivity contribution in [3.63, 3.8) is 0 Å². The van der Waals surface area contributed by atoms with E-state index >= 15 is 0 Å². The lowest BCUT2D eigenvalue weighted by atomic mass is 9.68. The van der Waals surface area contributed by atoms with Crippen LogP contribution in [0.15, 0.2) is 122 Å². The second kappa shape index (κ2) is 8.02. The SMILES string of the molecule is C[n+]1[c-]n(-c2cccc(C3(C)c4cc(-c5ccccn5)ccc4-n4c5ccccc5c5cccc3c54)c2)cc1. The molecule has 0 bridgehead atoms. The highest BCUT2D eigenvalue weighted by molar-refractivity contribution is 6.11. The number of aromatic nitrogens is 4. The predicted octanol–water partition coefficient (Wildman–Crippen LogP) is 6.93. The van der Waals surface area contributed by atoms with Crippen molar-refractivity contribution in [1.82, 2.24) is 14.1 Å². The number of aryl methyl sites for hydroxylation is 1. The maximum atomic E-state index is 4.68. The molecule has 1 aliphatic rings. The van der Waals surface area contributed by atoms with Gasteiger partial charge < -0.3 is 13.7 Å². The van der Waals surface area contributed by atoms with E-state index in [-0.39, 0.29) is 0 Å². The Labute approximate surface area is 227 Å². The van der Waals surface area contributed by atoms with Gasteiger partial charge in [-0.25, -0.2) is 0 Å². The van der Waals surface area contributed by atoms with E-state index in [0.29, 0.717) is 0 Å². The third kappa shape index (κ3) is 3.06. The van der Waals surface area contributed by atoms with E-state index in [1.165, 1.54) is 44.2 Å². The molecule has 7 aromatic rings. The molecule has 0 saturated heterocycles. The molecule has 0 spiro atoms. The summed E-state index contributed by atoms with van der Waals surface area (Å²) in [5, 5.41) is 2.57.